The molecule has 1 atom stereocenters. The molecule has 0 unspecified atom stereocenters. The molecule has 0 aliphatic heterocycles. The number of thiazole rings is 1. The Morgan fingerprint density at radius 1 is 1.19 bits per heavy atom. The van der Waals surface area contributed by atoms with Crippen molar-refractivity contribution in [3.8, 4) is 11.5 Å². The average Bonchev–Trinajstić information content (AvgIpc) is 2.91. The molecule has 0 aliphatic carbocycles. The summed E-state index contributed by atoms with van der Waals surface area (Å²) >= 11 is 1.69. The number of aromatic nitrogens is 1. The number of ether oxygens (including phenoxy) is 2. The summed E-state index contributed by atoms with van der Waals surface area (Å²) in [5.74, 6) is 1.53. The van der Waals surface area contributed by atoms with Gasteiger partial charge in [0, 0.05) is 17.6 Å². The van der Waals surface area contributed by atoms with E-state index in [1.165, 1.54) is 11.1 Å². The highest BCUT2D eigenvalue weighted by atomic mass is 32.1. The second-order valence-corrected chi connectivity index (χ2v) is 5.95. The van der Waals surface area contributed by atoms with Crippen molar-refractivity contribution in [1.82, 2.24) is 10.3 Å². The van der Waals surface area contributed by atoms with E-state index in [2.05, 4.69) is 29.5 Å². The molecule has 0 fully saturated rings. The third-order valence-corrected chi connectivity index (χ3v) is 4.59. The highest BCUT2D eigenvalue weighted by Gasteiger charge is 2.12. The Labute approximate surface area is 130 Å². The zero-order chi connectivity index (χ0) is 15.4. The molecule has 1 aromatic carbocycles. The van der Waals surface area contributed by atoms with Crippen LogP contribution in [-0.4, -0.2) is 19.2 Å². The topological polar surface area (TPSA) is 43.4 Å². The second kappa shape index (κ2) is 6.91. The van der Waals surface area contributed by atoms with Crippen molar-refractivity contribution in [2.24, 2.45) is 0 Å². The van der Waals surface area contributed by atoms with Gasteiger partial charge in [-0.3, -0.25) is 0 Å². The third kappa shape index (κ3) is 3.74. The van der Waals surface area contributed by atoms with E-state index in [0.717, 1.165) is 28.7 Å². The van der Waals surface area contributed by atoms with Gasteiger partial charge < -0.3 is 14.8 Å². The molecular weight excluding hydrogens is 284 g/mol. The van der Waals surface area contributed by atoms with E-state index in [9.17, 15) is 0 Å². The van der Waals surface area contributed by atoms with Gasteiger partial charge in [0.1, 0.15) is 5.01 Å². The van der Waals surface area contributed by atoms with Crippen molar-refractivity contribution in [2.45, 2.75) is 33.4 Å². The van der Waals surface area contributed by atoms with Crippen LogP contribution in [0.25, 0.3) is 0 Å². The Hall–Kier alpha value is -1.59. The van der Waals surface area contributed by atoms with Gasteiger partial charge in [-0.25, -0.2) is 4.98 Å². The van der Waals surface area contributed by atoms with E-state index in [1.807, 2.05) is 19.1 Å². The molecule has 1 aromatic heterocycles. The standard InChI is InChI=1S/C16H22N2O2S/c1-10-6-14(19-4)15(20-5)7-13(10)8-17-12(3)16-18-11(2)9-21-16/h6-7,9,12,17H,8H2,1-5H3/t12-/m1/s1. The lowest BCUT2D eigenvalue weighted by atomic mass is 10.1. The molecule has 0 saturated heterocycles. The Morgan fingerprint density at radius 3 is 2.43 bits per heavy atom. The molecule has 0 amide bonds. The van der Waals surface area contributed by atoms with Crippen molar-refractivity contribution in [2.75, 3.05) is 14.2 Å². The smallest absolute Gasteiger partial charge is 0.161 e. The summed E-state index contributed by atoms with van der Waals surface area (Å²) in [7, 11) is 3.31. The lowest BCUT2D eigenvalue weighted by molar-refractivity contribution is 0.354. The first kappa shape index (κ1) is 15.8. The Balaban J connectivity index is 2.09. The van der Waals surface area contributed by atoms with E-state index >= 15 is 0 Å². The second-order valence-electron chi connectivity index (χ2n) is 5.06. The van der Waals surface area contributed by atoms with Crippen LogP contribution in [0.15, 0.2) is 17.5 Å². The maximum Gasteiger partial charge on any atom is 0.161 e. The maximum atomic E-state index is 5.36. The molecule has 114 valence electrons. The zero-order valence-corrected chi connectivity index (χ0v) is 14.0. The van der Waals surface area contributed by atoms with Gasteiger partial charge in [0.2, 0.25) is 0 Å². The first-order valence-electron chi connectivity index (χ1n) is 6.92. The summed E-state index contributed by atoms with van der Waals surface area (Å²) in [5, 5.41) is 6.70. The van der Waals surface area contributed by atoms with Crippen LogP contribution in [0.1, 0.15) is 34.8 Å². The summed E-state index contributed by atoms with van der Waals surface area (Å²) in [5.41, 5.74) is 3.46. The number of hydrogen-bond donors (Lipinski definition) is 1. The molecule has 1 heterocycles. The van der Waals surface area contributed by atoms with Gasteiger partial charge in [0.25, 0.3) is 0 Å². The number of hydrogen-bond acceptors (Lipinski definition) is 5. The molecule has 1 N–H and O–H groups in total. The summed E-state index contributed by atoms with van der Waals surface area (Å²) in [6.45, 7) is 7.00. The number of nitrogens with one attached hydrogen (secondary N) is 1. The van der Waals surface area contributed by atoms with E-state index < -0.39 is 0 Å². The molecule has 5 heteroatoms. The van der Waals surface area contributed by atoms with Crippen LogP contribution < -0.4 is 14.8 Å². The van der Waals surface area contributed by atoms with Gasteiger partial charge in [-0.15, -0.1) is 11.3 Å². The predicted octanol–water partition coefficient (Wildman–Crippen LogP) is 3.63. The van der Waals surface area contributed by atoms with Crippen LogP contribution in [0.5, 0.6) is 11.5 Å². The van der Waals surface area contributed by atoms with E-state index in [4.69, 9.17) is 9.47 Å². The highest BCUT2D eigenvalue weighted by molar-refractivity contribution is 7.09. The fourth-order valence-electron chi connectivity index (χ4n) is 2.13. The zero-order valence-electron chi connectivity index (χ0n) is 13.2. The first-order chi connectivity index (χ1) is 10.0. The minimum atomic E-state index is 0.233. The number of nitrogens with zero attached hydrogens (tertiary/aromatic N) is 1. The Morgan fingerprint density at radius 2 is 1.86 bits per heavy atom. The van der Waals surface area contributed by atoms with Crippen LogP contribution >= 0.6 is 11.3 Å². The third-order valence-electron chi connectivity index (χ3n) is 3.45. The van der Waals surface area contributed by atoms with Crippen molar-refractivity contribution >= 4 is 11.3 Å². The number of aryl methyl sites for hydroxylation is 2. The average molecular weight is 306 g/mol. The van der Waals surface area contributed by atoms with E-state index in [0.29, 0.717) is 0 Å². The van der Waals surface area contributed by atoms with Gasteiger partial charge in [0.15, 0.2) is 11.5 Å². The van der Waals surface area contributed by atoms with Gasteiger partial charge in [-0.1, -0.05) is 0 Å². The largest absolute Gasteiger partial charge is 0.493 e. The van der Waals surface area contributed by atoms with E-state index in [-0.39, 0.29) is 6.04 Å². The molecule has 21 heavy (non-hydrogen) atoms. The molecule has 0 aliphatic rings. The lowest BCUT2D eigenvalue weighted by Crippen LogP contribution is -2.18. The van der Waals surface area contributed by atoms with Gasteiger partial charge in [-0.05, 0) is 44.0 Å². The summed E-state index contributed by atoms with van der Waals surface area (Å²) in [4.78, 5) is 4.52. The fourth-order valence-corrected chi connectivity index (χ4v) is 2.96. The summed E-state index contributed by atoms with van der Waals surface area (Å²) in [6.07, 6.45) is 0. The molecule has 0 radical (unpaired) electrons. The normalized spacial score (nSPS) is 12.2. The first-order valence-corrected chi connectivity index (χ1v) is 7.80. The van der Waals surface area contributed by atoms with Crippen LogP contribution in [0.2, 0.25) is 0 Å². The molecular formula is C16H22N2O2S. The highest BCUT2D eigenvalue weighted by Crippen LogP contribution is 2.30. The SMILES string of the molecule is COc1cc(C)c(CN[C@H](C)c2nc(C)cs2)cc1OC. The van der Waals surface area contributed by atoms with Crippen LogP contribution in [0.4, 0.5) is 0 Å². The van der Waals surface area contributed by atoms with Crippen molar-refractivity contribution in [3.63, 3.8) is 0 Å². The maximum absolute atomic E-state index is 5.36. The van der Waals surface area contributed by atoms with Gasteiger partial charge in [0.05, 0.1) is 20.3 Å². The van der Waals surface area contributed by atoms with Crippen molar-refractivity contribution < 1.29 is 9.47 Å². The fraction of sp³-hybridized carbons (Fsp3) is 0.438. The molecule has 0 saturated carbocycles. The van der Waals surface area contributed by atoms with E-state index in [1.54, 1.807) is 25.6 Å². The number of methoxy groups -OCH3 is 2. The number of rotatable bonds is 6. The van der Waals surface area contributed by atoms with Crippen LogP contribution in [0.3, 0.4) is 0 Å². The van der Waals surface area contributed by atoms with Crippen molar-refractivity contribution in [3.05, 3.63) is 39.3 Å². The molecule has 0 bridgehead atoms. The molecule has 2 rings (SSSR count). The Bertz CT molecular complexity index is 610. The monoisotopic (exact) mass is 306 g/mol. The molecule has 2 aromatic rings. The number of benzene rings is 1. The minimum Gasteiger partial charge on any atom is -0.493 e. The van der Waals surface area contributed by atoms with Gasteiger partial charge in [-0.2, -0.15) is 0 Å². The lowest BCUT2D eigenvalue weighted by Gasteiger charge is -2.15. The van der Waals surface area contributed by atoms with Crippen LogP contribution in [-0.2, 0) is 6.54 Å². The van der Waals surface area contributed by atoms with Gasteiger partial charge >= 0.3 is 0 Å². The van der Waals surface area contributed by atoms with Crippen molar-refractivity contribution in [1.29, 1.82) is 0 Å². The van der Waals surface area contributed by atoms with Crippen LogP contribution in [0, 0.1) is 13.8 Å². The Kier molecular flexibility index (Phi) is 5.20. The predicted molar refractivity (Wildman–Crippen MR) is 86.4 cm³/mol. The minimum absolute atomic E-state index is 0.233. The summed E-state index contributed by atoms with van der Waals surface area (Å²) < 4.78 is 10.7. The summed E-state index contributed by atoms with van der Waals surface area (Å²) in [6, 6.07) is 4.27. The molecule has 4 nitrogen and oxygen atoms in total. The quantitative estimate of drug-likeness (QED) is 0.885. The molecule has 0 spiro atoms.